The summed E-state index contributed by atoms with van der Waals surface area (Å²) in [6, 6.07) is 3.30. The number of aliphatic hydroxyl groups excluding tert-OH is 1. The second-order valence-corrected chi connectivity index (χ2v) is 5.44. The van der Waals surface area contributed by atoms with Crippen molar-refractivity contribution in [2.24, 2.45) is 5.92 Å². The number of phenols is 1. The van der Waals surface area contributed by atoms with Crippen LogP contribution in [-0.4, -0.2) is 30.0 Å². The van der Waals surface area contributed by atoms with Gasteiger partial charge in [-0.15, -0.1) is 0 Å². The van der Waals surface area contributed by atoms with Crippen molar-refractivity contribution in [2.75, 3.05) is 13.7 Å². The third-order valence-electron chi connectivity index (χ3n) is 3.68. The molecule has 0 aromatic heterocycles. The van der Waals surface area contributed by atoms with E-state index in [0.29, 0.717) is 28.8 Å². The molecule has 2 rings (SSSR count). The number of benzene rings is 1. The predicted molar refractivity (Wildman–Crippen MR) is 74.7 cm³/mol. The molecule has 106 valence electrons. The summed E-state index contributed by atoms with van der Waals surface area (Å²) in [7, 11) is 1.50. The second-order valence-electron chi connectivity index (χ2n) is 5.01. The maximum atomic E-state index is 9.98. The molecule has 4 nitrogen and oxygen atoms in total. The van der Waals surface area contributed by atoms with Crippen molar-refractivity contribution in [3.8, 4) is 11.5 Å². The number of nitrogens with one attached hydrogen (secondary N) is 1. The van der Waals surface area contributed by atoms with Crippen LogP contribution in [0.1, 0.15) is 24.8 Å². The number of hydrogen-bond acceptors (Lipinski definition) is 4. The maximum absolute atomic E-state index is 9.98. The summed E-state index contributed by atoms with van der Waals surface area (Å²) in [5, 5.41) is 23.5. The van der Waals surface area contributed by atoms with Crippen LogP contribution in [0.3, 0.4) is 0 Å². The average Bonchev–Trinajstić information content (AvgIpc) is 2.79. The van der Waals surface area contributed by atoms with Crippen molar-refractivity contribution in [2.45, 2.75) is 31.9 Å². The number of aromatic hydroxyl groups is 1. The molecule has 1 aromatic rings. The van der Waals surface area contributed by atoms with Gasteiger partial charge in [-0.25, -0.2) is 0 Å². The van der Waals surface area contributed by atoms with Gasteiger partial charge >= 0.3 is 0 Å². The van der Waals surface area contributed by atoms with Gasteiger partial charge in [0, 0.05) is 29.7 Å². The summed E-state index contributed by atoms with van der Waals surface area (Å²) in [5.41, 5.74) is 0.705. The normalized spacial score (nSPS) is 22.7. The van der Waals surface area contributed by atoms with E-state index in [-0.39, 0.29) is 11.9 Å². The molecule has 1 saturated carbocycles. The molecule has 3 N–H and O–H groups in total. The summed E-state index contributed by atoms with van der Waals surface area (Å²) in [4.78, 5) is 0. The quantitative estimate of drug-likeness (QED) is 0.777. The van der Waals surface area contributed by atoms with E-state index in [1.54, 1.807) is 12.1 Å². The minimum atomic E-state index is -0.199. The lowest BCUT2D eigenvalue weighted by Crippen LogP contribution is -2.27. The van der Waals surface area contributed by atoms with Gasteiger partial charge in [0.05, 0.1) is 13.2 Å². The van der Waals surface area contributed by atoms with Gasteiger partial charge in [-0.05, 0) is 24.8 Å². The lowest BCUT2D eigenvalue weighted by atomic mass is 10.1. The Morgan fingerprint density at radius 1 is 1.42 bits per heavy atom. The molecule has 0 bridgehead atoms. The SMILES string of the molecule is COc1cc(Cl)cc(CNCC2CCCC2O)c1O. The van der Waals surface area contributed by atoms with Gasteiger partial charge in [0.2, 0.25) is 0 Å². The van der Waals surface area contributed by atoms with Gasteiger partial charge in [-0.2, -0.15) is 0 Å². The Hall–Kier alpha value is -0.970. The molecule has 2 atom stereocenters. The van der Waals surface area contributed by atoms with Gasteiger partial charge < -0.3 is 20.3 Å². The van der Waals surface area contributed by atoms with Crippen LogP contribution in [0.5, 0.6) is 11.5 Å². The highest BCUT2D eigenvalue weighted by Crippen LogP contribution is 2.33. The van der Waals surface area contributed by atoms with Crippen LogP contribution >= 0.6 is 11.6 Å². The zero-order valence-corrected chi connectivity index (χ0v) is 11.8. The number of ether oxygens (including phenoxy) is 1. The number of phenolic OH excluding ortho intramolecular Hbond substituents is 1. The first-order valence-electron chi connectivity index (χ1n) is 6.56. The first-order chi connectivity index (χ1) is 9.11. The topological polar surface area (TPSA) is 61.7 Å². The van der Waals surface area contributed by atoms with Crippen molar-refractivity contribution in [3.63, 3.8) is 0 Å². The summed E-state index contributed by atoms with van der Waals surface area (Å²) in [6.07, 6.45) is 2.83. The number of aliphatic hydroxyl groups is 1. The molecule has 1 aromatic carbocycles. The van der Waals surface area contributed by atoms with Crippen LogP contribution in [-0.2, 0) is 6.54 Å². The van der Waals surface area contributed by atoms with Gasteiger partial charge in [0.1, 0.15) is 0 Å². The van der Waals surface area contributed by atoms with E-state index in [9.17, 15) is 10.2 Å². The molecule has 1 fully saturated rings. The Morgan fingerprint density at radius 2 is 2.21 bits per heavy atom. The van der Waals surface area contributed by atoms with Gasteiger partial charge in [-0.1, -0.05) is 18.0 Å². The van der Waals surface area contributed by atoms with Crippen LogP contribution in [0, 0.1) is 5.92 Å². The zero-order valence-electron chi connectivity index (χ0n) is 11.0. The molecule has 0 radical (unpaired) electrons. The first-order valence-corrected chi connectivity index (χ1v) is 6.93. The van der Waals surface area contributed by atoms with E-state index in [4.69, 9.17) is 16.3 Å². The van der Waals surface area contributed by atoms with Crippen molar-refractivity contribution in [3.05, 3.63) is 22.7 Å². The first kappa shape index (κ1) is 14.4. The Kier molecular flexibility index (Phi) is 4.91. The summed E-state index contributed by atoms with van der Waals surface area (Å²) < 4.78 is 5.06. The molecule has 19 heavy (non-hydrogen) atoms. The Labute approximate surface area is 118 Å². The number of halogens is 1. The molecule has 0 heterocycles. The largest absolute Gasteiger partial charge is 0.504 e. The number of methoxy groups -OCH3 is 1. The highest BCUT2D eigenvalue weighted by molar-refractivity contribution is 6.30. The lowest BCUT2D eigenvalue weighted by molar-refractivity contribution is 0.131. The van der Waals surface area contributed by atoms with E-state index >= 15 is 0 Å². The summed E-state index contributed by atoms with van der Waals surface area (Å²) in [5.74, 6) is 0.805. The fourth-order valence-electron chi connectivity index (χ4n) is 2.57. The fraction of sp³-hybridized carbons (Fsp3) is 0.571. The molecule has 0 spiro atoms. The van der Waals surface area contributed by atoms with Crippen molar-refractivity contribution < 1.29 is 14.9 Å². The average molecular weight is 286 g/mol. The molecule has 0 amide bonds. The van der Waals surface area contributed by atoms with Crippen LogP contribution in [0.4, 0.5) is 0 Å². The van der Waals surface area contributed by atoms with Gasteiger partial charge in [0.25, 0.3) is 0 Å². The Morgan fingerprint density at radius 3 is 2.84 bits per heavy atom. The van der Waals surface area contributed by atoms with Crippen molar-refractivity contribution in [1.82, 2.24) is 5.32 Å². The molecule has 0 aliphatic heterocycles. The molecule has 1 aliphatic rings. The van der Waals surface area contributed by atoms with Crippen LogP contribution in [0.2, 0.25) is 5.02 Å². The van der Waals surface area contributed by atoms with E-state index in [0.717, 1.165) is 25.8 Å². The highest BCUT2D eigenvalue weighted by atomic mass is 35.5. The van der Waals surface area contributed by atoms with E-state index in [1.165, 1.54) is 7.11 Å². The number of hydrogen-bond donors (Lipinski definition) is 3. The van der Waals surface area contributed by atoms with Gasteiger partial charge in [0.15, 0.2) is 11.5 Å². The molecule has 2 unspecified atom stereocenters. The minimum absolute atomic E-state index is 0.117. The van der Waals surface area contributed by atoms with Crippen LogP contribution in [0.25, 0.3) is 0 Å². The Bertz CT molecular complexity index is 439. The molecular formula is C14H20ClNO3. The van der Waals surface area contributed by atoms with E-state index in [2.05, 4.69) is 5.32 Å². The zero-order chi connectivity index (χ0) is 13.8. The molecule has 5 heteroatoms. The minimum Gasteiger partial charge on any atom is -0.504 e. The van der Waals surface area contributed by atoms with Crippen LogP contribution in [0.15, 0.2) is 12.1 Å². The van der Waals surface area contributed by atoms with E-state index in [1.807, 2.05) is 0 Å². The Balaban J connectivity index is 1.94. The number of rotatable bonds is 5. The van der Waals surface area contributed by atoms with Crippen LogP contribution < -0.4 is 10.1 Å². The second kappa shape index (κ2) is 6.46. The monoisotopic (exact) mass is 285 g/mol. The molecular weight excluding hydrogens is 266 g/mol. The fourth-order valence-corrected chi connectivity index (χ4v) is 2.80. The summed E-state index contributed by atoms with van der Waals surface area (Å²) in [6.45, 7) is 1.25. The van der Waals surface area contributed by atoms with Gasteiger partial charge in [-0.3, -0.25) is 0 Å². The maximum Gasteiger partial charge on any atom is 0.162 e. The van der Waals surface area contributed by atoms with Crippen molar-refractivity contribution >= 4 is 11.6 Å². The predicted octanol–water partition coefficient (Wildman–Crippen LogP) is 2.30. The standard InChI is InChI=1S/C14H20ClNO3/c1-19-13-6-11(15)5-10(14(13)18)8-16-7-9-3-2-4-12(9)17/h5-6,9,12,16-18H,2-4,7-8H2,1H3. The third kappa shape index (κ3) is 3.53. The van der Waals surface area contributed by atoms with E-state index < -0.39 is 0 Å². The lowest BCUT2D eigenvalue weighted by Gasteiger charge is -2.16. The summed E-state index contributed by atoms with van der Waals surface area (Å²) >= 11 is 5.97. The highest BCUT2D eigenvalue weighted by Gasteiger charge is 2.24. The molecule has 1 aliphatic carbocycles. The third-order valence-corrected chi connectivity index (χ3v) is 3.90. The smallest absolute Gasteiger partial charge is 0.162 e. The molecule has 0 saturated heterocycles. The van der Waals surface area contributed by atoms with Crippen molar-refractivity contribution in [1.29, 1.82) is 0 Å².